The number of anilines is 2. The molecule has 0 spiro atoms. The summed E-state index contributed by atoms with van der Waals surface area (Å²) in [7, 11) is 0. The number of benzene rings is 1. The van der Waals surface area contributed by atoms with E-state index in [1.54, 1.807) is 11.3 Å². The van der Waals surface area contributed by atoms with E-state index < -0.39 is 0 Å². The summed E-state index contributed by atoms with van der Waals surface area (Å²) in [5, 5.41) is 7.47. The highest BCUT2D eigenvalue weighted by Gasteiger charge is 2.22. The van der Waals surface area contributed by atoms with Crippen LogP contribution in [0.25, 0.3) is 16.2 Å². The molecule has 1 aliphatic rings. The van der Waals surface area contributed by atoms with E-state index in [-0.39, 0.29) is 0 Å². The number of aromatic nitrogens is 5. The number of aryl methyl sites for hydroxylation is 1. The lowest BCUT2D eigenvalue weighted by Crippen LogP contribution is -2.46. The van der Waals surface area contributed by atoms with Gasteiger partial charge in [-0.05, 0) is 19.1 Å². The summed E-state index contributed by atoms with van der Waals surface area (Å²) in [6.07, 6.45) is 1.97. The van der Waals surface area contributed by atoms with Crippen LogP contribution < -0.4 is 9.80 Å². The minimum absolute atomic E-state index is 0.725. The molecule has 4 aromatic rings. The molecule has 1 saturated heterocycles. The normalized spacial score (nSPS) is 15.0. The average molecular weight is 418 g/mol. The minimum atomic E-state index is 0.725. The summed E-state index contributed by atoms with van der Waals surface area (Å²) in [6, 6.07) is 7.71. The second-order valence-corrected chi connectivity index (χ2v) is 8.44. The van der Waals surface area contributed by atoms with Crippen molar-refractivity contribution in [1.82, 2.24) is 24.0 Å². The van der Waals surface area contributed by atoms with Gasteiger partial charge in [0.1, 0.15) is 5.82 Å². The minimum Gasteiger partial charge on any atom is -0.343 e. The molecule has 4 heterocycles. The summed E-state index contributed by atoms with van der Waals surface area (Å²) < 4.78 is 6.14. The van der Waals surface area contributed by atoms with Crippen LogP contribution in [0.15, 0.2) is 30.5 Å². The Kier molecular flexibility index (Phi) is 4.22. The average Bonchev–Trinajstić information content (AvgIpc) is 3.37. The van der Waals surface area contributed by atoms with Gasteiger partial charge in [-0.3, -0.25) is 0 Å². The van der Waals surface area contributed by atoms with Crippen LogP contribution >= 0.6 is 34.5 Å². The van der Waals surface area contributed by atoms with Gasteiger partial charge in [-0.25, -0.2) is 14.5 Å². The first-order chi connectivity index (χ1) is 13.2. The van der Waals surface area contributed by atoms with E-state index in [2.05, 4.69) is 19.2 Å². The number of rotatable bonds is 3. The fourth-order valence-corrected chi connectivity index (χ4v) is 4.87. The Labute approximate surface area is 169 Å². The van der Waals surface area contributed by atoms with Crippen molar-refractivity contribution in [3.63, 3.8) is 0 Å². The molecule has 7 nitrogen and oxygen atoms in total. The third kappa shape index (κ3) is 3.26. The Morgan fingerprint density at radius 1 is 0.963 bits per heavy atom. The fraction of sp³-hybridized carbons (Fsp3) is 0.294. The molecule has 1 fully saturated rings. The van der Waals surface area contributed by atoms with Crippen molar-refractivity contribution in [2.75, 3.05) is 36.0 Å². The monoisotopic (exact) mass is 417 g/mol. The summed E-state index contributed by atoms with van der Waals surface area (Å²) in [4.78, 5) is 14.7. The first kappa shape index (κ1) is 16.9. The first-order valence-electron chi connectivity index (χ1n) is 8.58. The Morgan fingerprint density at radius 3 is 2.30 bits per heavy atom. The maximum Gasteiger partial charge on any atom is 0.214 e. The number of nitrogens with zero attached hydrogens (tertiary/aromatic N) is 7. The second kappa shape index (κ2) is 6.74. The van der Waals surface area contributed by atoms with Gasteiger partial charge in [0.2, 0.25) is 15.2 Å². The topological polar surface area (TPSA) is 62.5 Å². The molecule has 5 rings (SSSR count). The van der Waals surface area contributed by atoms with Crippen molar-refractivity contribution in [3.05, 3.63) is 41.3 Å². The molecule has 0 bridgehead atoms. The first-order valence-corrected chi connectivity index (χ1v) is 10.5. The molecule has 0 radical (unpaired) electrons. The molecule has 3 aromatic heterocycles. The van der Waals surface area contributed by atoms with Crippen LogP contribution in [-0.2, 0) is 0 Å². The SMILES string of the molecule is Cc1nsc(N2CCN(c3nn4cc(-c5ccc(Cl)cc5)nc4s3)CC2)n1. The molecular weight excluding hydrogens is 402 g/mol. The van der Waals surface area contributed by atoms with Gasteiger partial charge in [-0.2, -0.15) is 4.37 Å². The van der Waals surface area contributed by atoms with Crippen molar-refractivity contribution in [2.45, 2.75) is 6.92 Å². The zero-order valence-electron chi connectivity index (χ0n) is 14.5. The van der Waals surface area contributed by atoms with Crippen LogP contribution in [0.5, 0.6) is 0 Å². The van der Waals surface area contributed by atoms with Crippen molar-refractivity contribution in [3.8, 4) is 11.3 Å². The van der Waals surface area contributed by atoms with Gasteiger partial charge in [0.05, 0.1) is 11.9 Å². The third-order valence-electron chi connectivity index (χ3n) is 4.51. The number of hydrogen-bond acceptors (Lipinski definition) is 8. The van der Waals surface area contributed by atoms with E-state index in [1.165, 1.54) is 11.5 Å². The lowest BCUT2D eigenvalue weighted by atomic mass is 10.2. The Bertz CT molecular complexity index is 1050. The van der Waals surface area contributed by atoms with Crippen molar-refractivity contribution in [2.24, 2.45) is 0 Å². The predicted octanol–water partition coefficient (Wildman–Crippen LogP) is 3.60. The van der Waals surface area contributed by atoms with E-state index in [0.29, 0.717) is 0 Å². The highest BCUT2D eigenvalue weighted by atomic mass is 35.5. The number of halogens is 1. The van der Waals surface area contributed by atoms with Crippen LogP contribution in [0, 0.1) is 6.92 Å². The van der Waals surface area contributed by atoms with Crippen LogP contribution in [0.4, 0.5) is 10.3 Å². The van der Waals surface area contributed by atoms with Gasteiger partial charge >= 0.3 is 0 Å². The number of piperazine rings is 1. The molecular formula is C17H16ClN7S2. The standard InChI is InChI=1S/C17H16ClN7S2/c1-11-19-15(27-22-11)23-6-8-24(9-7-23)17-21-25-10-14(20-16(25)26-17)12-2-4-13(18)5-3-12/h2-5,10H,6-9H2,1H3. The molecule has 10 heteroatoms. The van der Waals surface area contributed by atoms with Crippen LogP contribution in [-0.4, -0.2) is 50.1 Å². The lowest BCUT2D eigenvalue weighted by molar-refractivity contribution is 0.646. The summed E-state index contributed by atoms with van der Waals surface area (Å²) in [6.45, 7) is 5.61. The number of hydrogen-bond donors (Lipinski definition) is 0. The molecule has 0 aliphatic carbocycles. The predicted molar refractivity (Wildman–Crippen MR) is 110 cm³/mol. The number of fused-ring (bicyclic) bond motifs is 1. The van der Waals surface area contributed by atoms with Crippen molar-refractivity contribution < 1.29 is 0 Å². The molecule has 1 aromatic carbocycles. The summed E-state index contributed by atoms with van der Waals surface area (Å²) in [5.74, 6) is 0.843. The quantitative estimate of drug-likeness (QED) is 0.507. The van der Waals surface area contributed by atoms with E-state index in [0.717, 1.165) is 63.5 Å². The van der Waals surface area contributed by atoms with Gasteiger partial charge < -0.3 is 9.80 Å². The smallest absolute Gasteiger partial charge is 0.214 e. The second-order valence-electron chi connectivity index (χ2n) is 6.34. The van der Waals surface area contributed by atoms with Crippen molar-refractivity contribution >= 4 is 49.7 Å². The lowest BCUT2D eigenvalue weighted by Gasteiger charge is -2.33. The Hall–Kier alpha value is -2.23. The van der Waals surface area contributed by atoms with Gasteiger partial charge in [0, 0.05) is 48.3 Å². The van der Waals surface area contributed by atoms with E-state index >= 15 is 0 Å². The summed E-state index contributed by atoms with van der Waals surface area (Å²) >= 11 is 9.05. The third-order valence-corrected chi connectivity index (χ3v) is 6.61. The van der Waals surface area contributed by atoms with Crippen LogP contribution in [0.3, 0.4) is 0 Å². The van der Waals surface area contributed by atoms with Gasteiger partial charge in [-0.1, -0.05) is 35.1 Å². The molecule has 0 unspecified atom stereocenters. The maximum absolute atomic E-state index is 5.96. The Morgan fingerprint density at radius 2 is 1.67 bits per heavy atom. The molecule has 1 aliphatic heterocycles. The molecule has 0 amide bonds. The van der Waals surface area contributed by atoms with E-state index in [4.69, 9.17) is 21.7 Å². The van der Waals surface area contributed by atoms with Gasteiger partial charge in [0.15, 0.2) is 0 Å². The summed E-state index contributed by atoms with van der Waals surface area (Å²) in [5.41, 5.74) is 1.95. The Balaban J connectivity index is 1.31. The zero-order chi connectivity index (χ0) is 18.4. The van der Waals surface area contributed by atoms with Gasteiger partial charge in [0.25, 0.3) is 0 Å². The molecule has 0 saturated carbocycles. The molecule has 0 atom stereocenters. The zero-order valence-corrected chi connectivity index (χ0v) is 16.9. The van der Waals surface area contributed by atoms with Crippen molar-refractivity contribution in [1.29, 1.82) is 0 Å². The highest BCUT2D eigenvalue weighted by molar-refractivity contribution is 7.20. The number of imidazole rings is 1. The fourth-order valence-electron chi connectivity index (χ4n) is 3.08. The van der Waals surface area contributed by atoms with E-state index in [9.17, 15) is 0 Å². The van der Waals surface area contributed by atoms with Gasteiger partial charge in [-0.15, -0.1) is 5.10 Å². The largest absolute Gasteiger partial charge is 0.343 e. The molecule has 138 valence electrons. The molecule has 27 heavy (non-hydrogen) atoms. The molecule has 0 N–H and O–H groups in total. The van der Waals surface area contributed by atoms with E-state index in [1.807, 2.05) is 41.9 Å². The maximum atomic E-state index is 5.96. The van der Waals surface area contributed by atoms with Crippen LogP contribution in [0.2, 0.25) is 5.02 Å². The highest BCUT2D eigenvalue weighted by Crippen LogP contribution is 2.28. The van der Waals surface area contributed by atoms with Crippen LogP contribution in [0.1, 0.15) is 5.82 Å².